The van der Waals surface area contributed by atoms with Crippen LogP contribution < -0.4 is 10.1 Å². The highest BCUT2D eigenvalue weighted by molar-refractivity contribution is 7.99. The summed E-state index contributed by atoms with van der Waals surface area (Å²) in [4.78, 5) is 16.3. The Labute approximate surface area is 166 Å². The second-order valence-corrected chi connectivity index (χ2v) is 7.07. The van der Waals surface area contributed by atoms with Crippen molar-refractivity contribution in [2.24, 2.45) is 0 Å². The Kier molecular flexibility index (Phi) is 6.73. The van der Waals surface area contributed by atoms with E-state index < -0.39 is 0 Å². The summed E-state index contributed by atoms with van der Waals surface area (Å²) in [6.07, 6.45) is 0.995. The van der Waals surface area contributed by atoms with Gasteiger partial charge in [0.25, 0.3) is 0 Å². The fourth-order valence-corrected chi connectivity index (χ4v) is 2.98. The van der Waals surface area contributed by atoms with Crippen LogP contribution in [-0.2, 0) is 17.8 Å². The number of nitrogens with one attached hydrogen (secondary N) is 2. The summed E-state index contributed by atoms with van der Waals surface area (Å²) in [6.45, 7) is 2.40. The Morgan fingerprint density at radius 1 is 1.19 bits per heavy atom. The SMILES string of the molecule is CCc1ccc(OCc2nc(SCC(=O)Nc3ccc(Cl)cc3)n[nH]2)cc1. The van der Waals surface area contributed by atoms with Crippen molar-refractivity contribution in [1.82, 2.24) is 15.2 Å². The Hall–Kier alpha value is -2.51. The standard InChI is InChI=1S/C19H19ClN4O2S/c1-2-13-3-9-16(10-4-13)26-11-17-22-19(24-23-17)27-12-18(25)21-15-7-5-14(20)6-8-15/h3-10H,2,11-12H2,1H3,(H,21,25)(H,22,23,24). The summed E-state index contributed by atoms with van der Waals surface area (Å²) in [6, 6.07) is 14.9. The van der Waals surface area contributed by atoms with Gasteiger partial charge in [-0.15, -0.1) is 5.10 Å². The van der Waals surface area contributed by atoms with Gasteiger partial charge in [0.15, 0.2) is 5.82 Å². The van der Waals surface area contributed by atoms with Gasteiger partial charge in [-0.1, -0.05) is 42.4 Å². The van der Waals surface area contributed by atoms with Crippen LogP contribution in [0.15, 0.2) is 53.7 Å². The van der Waals surface area contributed by atoms with Gasteiger partial charge in [0, 0.05) is 10.7 Å². The molecule has 3 rings (SSSR count). The molecule has 0 saturated carbocycles. The van der Waals surface area contributed by atoms with Gasteiger partial charge < -0.3 is 10.1 Å². The Balaban J connectivity index is 1.44. The summed E-state index contributed by atoms with van der Waals surface area (Å²) >= 11 is 7.07. The molecule has 140 valence electrons. The first-order valence-corrected chi connectivity index (χ1v) is 9.80. The number of nitrogens with zero attached hydrogens (tertiary/aromatic N) is 2. The third-order valence-electron chi connectivity index (χ3n) is 3.68. The molecule has 0 aliphatic heterocycles. The summed E-state index contributed by atoms with van der Waals surface area (Å²) in [7, 11) is 0. The van der Waals surface area contributed by atoms with Gasteiger partial charge in [0.2, 0.25) is 11.1 Å². The highest BCUT2D eigenvalue weighted by Crippen LogP contribution is 2.17. The lowest BCUT2D eigenvalue weighted by Gasteiger charge is -2.04. The first kappa shape index (κ1) is 19.3. The van der Waals surface area contributed by atoms with Crippen molar-refractivity contribution in [3.05, 3.63) is 64.9 Å². The number of aryl methyl sites for hydroxylation is 1. The molecule has 2 aromatic carbocycles. The first-order valence-electron chi connectivity index (χ1n) is 8.43. The van der Waals surface area contributed by atoms with E-state index in [1.807, 2.05) is 24.3 Å². The molecule has 2 N–H and O–H groups in total. The molecule has 0 bridgehead atoms. The van der Waals surface area contributed by atoms with Gasteiger partial charge >= 0.3 is 0 Å². The fourth-order valence-electron chi connectivity index (χ4n) is 2.24. The third kappa shape index (κ3) is 6.01. The molecule has 0 unspecified atom stereocenters. The second kappa shape index (κ2) is 9.43. The molecule has 0 spiro atoms. The number of aromatic amines is 1. The zero-order chi connectivity index (χ0) is 19.1. The quantitative estimate of drug-likeness (QED) is 0.548. The number of thioether (sulfide) groups is 1. The minimum atomic E-state index is -0.138. The molecular formula is C19H19ClN4O2S. The number of rotatable bonds is 8. The van der Waals surface area contributed by atoms with Crippen molar-refractivity contribution in [2.45, 2.75) is 25.1 Å². The van der Waals surface area contributed by atoms with Crippen LogP contribution in [0.3, 0.4) is 0 Å². The van der Waals surface area contributed by atoms with Crippen LogP contribution in [0.1, 0.15) is 18.3 Å². The fraction of sp³-hybridized carbons (Fsp3) is 0.211. The number of hydrogen-bond acceptors (Lipinski definition) is 5. The molecule has 0 radical (unpaired) electrons. The van der Waals surface area contributed by atoms with Gasteiger partial charge in [-0.3, -0.25) is 9.89 Å². The molecule has 1 amide bonds. The van der Waals surface area contributed by atoms with E-state index in [0.29, 0.717) is 21.7 Å². The second-order valence-electron chi connectivity index (χ2n) is 5.69. The molecule has 8 heteroatoms. The Morgan fingerprint density at radius 2 is 1.93 bits per heavy atom. The van der Waals surface area contributed by atoms with Crippen molar-refractivity contribution in [3.8, 4) is 5.75 Å². The van der Waals surface area contributed by atoms with E-state index in [1.165, 1.54) is 17.3 Å². The molecule has 0 fully saturated rings. The van der Waals surface area contributed by atoms with Gasteiger partial charge in [0.05, 0.1) is 5.75 Å². The topological polar surface area (TPSA) is 79.9 Å². The van der Waals surface area contributed by atoms with E-state index in [0.717, 1.165) is 12.2 Å². The summed E-state index contributed by atoms with van der Waals surface area (Å²) in [5.74, 6) is 1.45. The molecule has 1 aromatic heterocycles. The number of carbonyl (C=O) groups is 1. The van der Waals surface area contributed by atoms with Gasteiger partial charge in [-0.2, -0.15) is 0 Å². The van der Waals surface area contributed by atoms with Crippen LogP contribution in [0.25, 0.3) is 0 Å². The summed E-state index contributed by atoms with van der Waals surface area (Å²) in [5, 5.41) is 10.8. The van der Waals surface area contributed by atoms with E-state index in [9.17, 15) is 4.79 Å². The lowest BCUT2D eigenvalue weighted by molar-refractivity contribution is -0.113. The minimum absolute atomic E-state index is 0.138. The number of amides is 1. The van der Waals surface area contributed by atoms with Gasteiger partial charge in [0.1, 0.15) is 12.4 Å². The van der Waals surface area contributed by atoms with E-state index in [2.05, 4.69) is 27.4 Å². The minimum Gasteiger partial charge on any atom is -0.486 e. The average molecular weight is 403 g/mol. The number of carbonyl (C=O) groups excluding carboxylic acids is 1. The largest absolute Gasteiger partial charge is 0.486 e. The lowest BCUT2D eigenvalue weighted by Crippen LogP contribution is -2.13. The lowest BCUT2D eigenvalue weighted by atomic mass is 10.2. The van der Waals surface area contributed by atoms with Gasteiger partial charge in [-0.05, 0) is 48.4 Å². The normalized spacial score (nSPS) is 10.6. The van der Waals surface area contributed by atoms with E-state index in [-0.39, 0.29) is 18.3 Å². The number of H-pyrrole nitrogens is 1. The monoisotopic (exact) mass is 402 g/mol. The molecule has 3 aromatic rings. The van der Waals surface area contributed by atoms with E-state index in [1.54, 1.807) is 24.3 Å². The molecule has 0 aliphatic carbocycles. The molecule has 1 heterocycles. The van der Waals surface area contributed by atoms with Crippen LogP contribution in [0.2, 0.25) is 5.02 Å². The van der Waals surface area contributed by atoms with Crippen molar-refractivity contribution >= 4 is 35.0 Å². The van der Waals surface area contributed by atoms with Crippen LogP contribution in [0.5, 0.6) is 5.75 Å². The zero-order valence-corrected chi connectivity index (χ0v) is 16.3. The summed E-state index contributed by atoms with van der Waals surface area (Å²) < 4.78 is 5.69. The summed E-state index contributed by atoms with van der Waals surface area (Å²) in [5.41, 5.74) is 1.96. The van der Waals surface area contributed by atoms with E-state index >= 15 is 0 Å². The zero-order valence-electron chi connectivity index (χ0n) is 14.7. The third-order valence-corrected chi connectivity index (χ3v) is 4.78. The number of aromatic nitrogens is 3. The molecule has 0 aliphatic rings. The van der Waals surface area contributed by atoms with Crippen molar-refractivity contribution < 1.29 is 9.53 Å². The molecular weight excluding hydrogens is 384 g/mol. The number of anilines is 1. The number of benzene rings is 2. The van der Waals surface area contributed by atoms with Crippen LogP contribution in [0, 0.1) is 0 Å². The average Bonchev–Trinajstić information content (AvgIpc) is 3.15. The number of hydrogen-bond donors (Lipinski definition) is 2. The number of halogens is 1. The molecule has 0 atom stereocenters. The molecule has 27 heavy (non-hydrogen) atoms. The van der Waals surface area contributed by atoms with Crippen molar-refractivity contribution in [3.63, 3.8) is 0 Å². The van der Waals surface area contributed by atoms with Crippen LogP contribution in [0.4, 0.5) is 5.69 Å². The molecule has 6 nitrogen and oxygen atoms in total. The maximum absolute atomic E-state index is 12.0. The van der Waals surface area contributed by atoms with E-state index in [4.69, 9.17) is 16.3 Å². The maximum Gasteiger partial charge on any atom is 0.234 e. The maximum atomic E-state index is 12.0. The Bertz CT molecular complexity index is 881. The van der Waals surface area contributed by atoms with Gasteiger partial charge in [-0.25, -0.2) is 4.98 Å². The number of ether oxygens (including phenoxy) is 1. The Morgan fingerprint density at radius 3 is 2.63 bits per heavy atom. The van der Waals surface area contributed by atoms with Crippen LogP contribution in [-0.4, -0.2) is 26.8 Å². The molecule has 0 saturated heterocycles. The highest BCUT2D eigenvalue weighted by Gasteiger charge is 2.09. The highest BCUT2D eigenvalue weighted by atomic mass is 35.5. The van der Waals surface area contributed by atoms with Crippen molar-refractivity contribution in [1.29, 1.82) is 0 Å². The van der Waals surface area contributed by atoms with Crippen LogP contribution >= 0.6 is 23.4 Å². The smallest absolute Gasteiger partial charge is 0.234 e. The van der Waals surface area contributed by atoms with Crippen molar-refractivity contribution in [2.75, 3.05) is 11.1 Å². The predicted octanol–water partition coefficient (Wildman–Crippen LogP) is 4.33. The predicted molar refractivity (Wildman–Crippen MR) is 107 cm³/mol. The first-order chi connectivity index (χ1) is 13.1.